The topological polar surface area (TPSA) is 153 Å². The van der Waals surface area contributed by atoms with E-state index in [1.807, 2.05) is 44.2 Å². The number of hydrogen-bond donors (Lipinski definition) is 3. The SMILES string of the molecule is CCOc1ccc(CN2CCC(Nc3nc(N4CCCCC4)c4cc(OC)c(OC)cc4n3)CC2)cc1OCC.COc1cc2nc(NC3CCNCC3)nc(N3CCCCC3)c2cc1OC. The molecule has 0 bridgehead atoms. The van der Waals surface area contributed by atoms with E-state index in [0.717, 1.165) is 130 Å². The second-order valence-electron chi connectivity index (χ2n) is 17.8. The largest absolute Gasteiger partial charge is 0.493 e. The van der Waals surface area contributed by atoms with Crippen LogP contribution in [0.25, 0.3) is 21.8 Å². The number of benzene rings is 3. The van der Waals surface area contributed by atoms with Crippen LogP contribution in [-0.4, -0.2) is 131 Å². The van der Waals surface area contributed by atoms with Crippen LogP contribution in [0.4, 0.5) is 23.5 Å². The maximum Gasteiger partial charge on any atom is 0.225 e. The Morgan fingerprint density at radius 2 is 0.985 bits per heavy atom. The molecule has 0 amide bonds. The first kappa shape index (κ1) is 47.7. The van der Waals surface area contributed by atoms with E-state index in [1.54, 1.807) is 28.4 Å². The minimum Gasteiger partial charge on any atom is -0.493 e. The summed E-state index contributed by atoms with van der Waals surface area (Å²) in [6.45, 7) is 14.3. The van der Waals surface area contributed by atoms with Crippen LogP contribution in [0.2, 0.25) is 0 Å². The van der Waals surface area contributed by atoms with Gasteiger partial charge in [0.05, 0.1) is 52.7 Å². The first-order valence-electron chi connectivity index (χ1n) is 24.6. The molecule has 3 N–H and O–H groups in total. The van der Waals surface area contributed by atoms with Crippen molar-refractivity contribution in [2.75, 3.05) is 114 Å². The summed E-state index contributed by atoms with van der Waals surface area (Å²) >= 11 is 0. The molecule has 0 unspecified atom stereocenters. The number of nitrogens with one attached hydrogen (secondary N) is 3. The molecule has 3 aromatic carbocycles. The number of aromatic nitrogens is 4. The quantitative estimate of drug-likeness (QED) is 0.0869. The molecule has 6 heterocycles. The molecule has 4 aliphatic rings. The molecule has 5 aromatic rings. The van der Waals surface area contributed by atoms with Gasteiger partial charge < -0.3 is 54.2 Å². The second kappa shape index (κ2) is 23.3. The minimum absolute atomic E-state index is 0.322. The number of likely N-dealkylation sites (tertiary alicyclic amines) is 1. The highest BCUT2D eigenvalue weighted by molar-refractivity contribution is 5.94. The van der Waals surface area contributed by atoms with Crippen LogP contribution in [0.15, 0.2) is 42.5 Å². The Kier molecular flexibility index (Phi) is 16.6. The third kappa shape index (κ3) is 11.9. The fourth-order valence-corrected chi connectivity index (χ4v) is 9.72. The van der Waals surface area contributed by atoms with Crippen molar-refractivity contribution in [3.8, 4) is 34.5 Å². The third-order valence-electron chi connectivity index (χ3n) is 13.3. The lowest BCUT2D eigenvalue weighted by Crippen LogP contribution is -2.39. The first-order chi connectivity index (χ1) is 32.9. The molecule has 0 aliphatic carbocycles. The first-order valence-corrected chi connectivity index (χ1v) is 24.6. The molecule has 16 nitrogen and oxygen atoms in total. The summed E-state index contributed by atoms with van der Waals surface area (Å²) in [6, 6.07) is 15.0. The zero-order chi connectivity index (χ0) is 46.5. The van der Waals surface area contributed by atoms with Crippen LogP contribution in [0.5, 0.6) is 34.5 Å². The Labute approximate surface area is 396 Å². The lowest BCUT2D eigenvalue weighted by Gasteiger charge is -2.33. The lowest BCUT2D eigenvalue weighted by atomic mass is 10.0. The monoisotopic (exact) mass is 921 g/mol. The summed E-state index contributed by atoms with van der Waals surface area (Å²) in [7, 11) is 6.65. The van der Waals surface area contributed by atoms with Crippen molar-refractivity contribution in [2.24, 2.45) is 0 Å². The zero-order valence-electron chi connectivity index (χ0n) is 40.6. The third-order valence-corrected chi connectivity index (χ3v) is 13.3. The van der Waals surface area contributed by atoms with Gasteiger partial charge in [-0.25, -0.2) is 9.97 Å². The van der Waals surface area contributed by atoms with Crippen molar-refractivity contribution in [1.82, 2.24) is 30.2 Å². The Morgan fingerprint density at radius 3 is 1.46 bits per heavy atom. The molecule has 9 rings (SSSR count). The van der Waals surface area contributed by atoms with E-state index in [0.29, 0.717) is 60.2 Å². The second-order valence-corrected chi connectivity index (χ2v) is 17.8. The van der Waals surface area contributed by atoms with Gasteiger partial charge in [0.25, 0.3) is 0 Å². The van der Waals surface area contributed by atoms with Crippen LogP contribution >= 0.6 is 0 Å². The maximum absolute atomic E-state index is 5.83. The van der Waals surface area contributed by atoms with Crippen LogP contribution < -0.4 is 54.2 Å². The standard InChI is InChI=1S/C31H43N5O4.C20H29N5O2/c1-5-39-26-11-10-22(18-29(26)40-6-2)21-35-16-12-23(13-17-35)32-31-33-25-20-28(38-4)27(37-3)19-24(25)30(34-31)36-14-8-7-9-15-36;1-26-17-12-15-16(13-18(17)27-2)23-20(22-14-6-8-21-9-7-14)24-19(15)25-10-4-3-5-11-25/h10-11,18-20,23H,5-9,12-17,21H2,1-4H3,(H,32,33,34);12-14,21H,3-11H2,1-2H3,(H,22,23,24). The molecule has 2 aromatic heterocycles. The molecular weight excluding hydrogens is 849 g/mol. The fraction of sp³-hybridized carbons (Fsp3) is 0.569. The highest BCUT2D eigenvalue weighted by atomic mass is 16.5. The molecule has 4 saturated heterocycles. The smallest absolute Gasteiger partial charge is 0.225 e. The van der Waals surface area contributed by atoms with Gasteiger partial charge in [-0.05, 0) is 121 Å². The lowest BCUT2D eigenvalue weighted by molar-refractivity contribution is 0.210. The summed E-state index contributed by atoms with van der Waals surface area (Å²) in [5.74, 6) is 7.80. The van der Waals surface area contributed by atoms with Crippen molar-refractivity contribution < 1.29 is 28.4 Å². The highest BCUT2D eigenvalue weighted by Crippen LogP contribution is 2.39. The van der Waals surface area contributed by atoms with Gasteiger partial charge in [0.15, 0.2) is 34.5 Å². The van der Waals surface area contributed by atoms with Crippen molar-refractivity contribution in [3.05, 3.63) is 48.0 Å². The van der Waals surface area contributed by atoms with Gasteiger partial charge in [0.2, 0.25) is 11.9 Å². The number of piperidine rings is 4. The Morgan fingerprint density at radius 1 is 0.522 bits per heavy atom. The molecule has 0 atom stereocenters. The molecule has 4 aliphatic heterocycles. The van der Waals surface area contributed by atoms with Gasteiger partial charge in [-0.3, -0.25) is 4.90 Å². The van der Waals surface area contributed by atoms with Gasteiger partial charge in [-0.15, -0.1) is 0 Å². The van der Waals surface area contributed by atoms with Crippen molar-refractivity contribution in [3.63, 3.8) is 0 Å². The summed E-state index contributed by atoms with van der Waals surface area (Å²) < 4.78 is 33.7. The van der Waals surface area contributed by atoms with Crippen LogP contribution in [0, 0.1) is 0 Å². The summed E-state index contributed by atoms with van der Waals surface area (Å²) in [5, 5.41) is 12.6. The van der Waals surface area contributed by atoms with Crippen molar-refractivity contribution in [2.45, 2.75) is 96.7 Å². The van der Waals surface area contributed by atoms with Crippen LogP contribution in [0.3, 0.4) is 0 Å². The van der Waals surface area contributed by atoms with Crippen LogP contribution in [0.1, 0.15) is 83.6 Å². The molecule has 0 spiro atoms. The molecular formula is C51H72N10O6. The molecule has 67 heavy (non-hydrogen) atoms. The zero-order valence-corrected chi connectivity index (χ0v) is 40.6. The number of nitrogens with zero attached hydrogens (tertiary/aromatic N) is 7. The van der Waals surface area contributed by atoms with Gasteiger partial charge in [0, 0.05) is 80.8 Å². The average Bonchev–Trinajstić information content (AvgIpc) is 3.37. The molecule has 0 saturated carbocycles. The number of fused-ring (bicyclic) bond motifs is 2. The summed E-state index contributed by atoms with van der Waals surface area (Å²) in [5.41, 5.74) is 3.00. The van der Waals surface area contributed by atoms with Crippen molar-refractivity contribution in [1.29, 1.82) is 0 Å². The Bertz CT molecular complexity index is 2380. The molecule has 0 radical (unpaired) electrons. The normalized spacial score (nSPS) is 17.4. The number of ether oxygens (including phenoxy) is 6. The number of methoxy groups -OCH3 is 4. The Balaban J connectivity index is 0.000000196. The predicted octanol–water partition coefficient (Wildman–Crippen LogP) is 8.31. The average molecular weight is 921 g/mol. The summed E-state index contributed by atoms with van der Waals surface area (Å²) in [6.07, 6.45) is 11.6. The fourth-order valence-electron chi connectivity index (χ4n) is 9.72. The van der Waals surface area contributed by atoms with E-state index in [4.69, 9.17) is 48.4 Å². The molecule has 16 heteroatoms. The predicted molar refractivity (Wildman–Crippen MR) is 268 cm³/mol. The minimum atomic E-state index is 0.322. The highest BCUT2D eigenvalue weighted by Gasteiger charge is 2.25. The molecule has 362 valence electrons. The Hall–Kier alpha value is -5.74. The van der Waals surface area contributed by atoms with E-state index in [1.165, 1.54) is 44.1 Å². The van der Waals surface area contributed by atoms with Gasteiger partial charge in [0.1, 0.15) is 11.6 Å². The van der Waals surface area contributed by atoms with Gasteiger partial charge in [-0.1, -0.05) is 6.07 Å². The van der Waals surface area contributed by atoms with Crippen LogP contribution in [-0.2, 0) is 6.54 Å². The van der Waals surface area contributed by atoms with E-state index in [-0.39, 0.29) is 0 Å². The van der Waals surface area contributed by atoms with E-state index in [9.17, 15) is 0 Å². The van der Waals surface area contributed by atoms with E-state index < -0.39 is 0 Å². The number of hydrogen-bond acceptors (Lipinski definition) is 16. The number of anilines is 4. The van der Waals surface area contributed by atoms with Gasteiger partial charge >= 0.3 is 0 Å². The maximum atomic E-state index is 5.83. The van der Waals surface area contributed by atoms with E-state index in [2.05, 4.69) is 42.8 Å². The number of rotatable bonds is 16. The summed E-state index contributed by atoms with van der Waals surface area (Å²) in [4.78, 5) is 27.0. The van der Waals surface area contributed by atoms with Gasteiger partial charge in [-0.2, -0.15) is 9.97 Å². The van der Waals surface area contributed by atoms with Crippen molar-refractivity contribution >= 4 is 45.3 Å². The molecule has 4 fully saturated rings. The van der Waals surface area contributed by atoms with E-state index >= 15 is 0 Å².